The van der Waals surface area contributed by atoms with Crippen molar-refractivity contribution in [1.29, 1.82) is 0 Å². The summed E-state index contributed by atoms with van der Waals surface area (Å²) in [5.74, 6) is 1.07. The molecule has 3 heteroatoms. The highest BCUT2D eigenvalue weighted by atomic mass is 16.3. The smallest absolute Gasteiger partial charge is 0.115 e. The van der Waals surface area contributed by atoms with Crippen LogP contribution in [0.2, 0.25) is 0 Å². The first-order chi connectivity index (χ1) is 9.93. The largest absolute Gasteiger partial charge is 0.508 e. The molecule has 0 saturated carbocycles. The number of aromatic hydroxyl groups is 1. The minimum Gasteiger partial charge on any atom is -0.508 e. The highest BCUT2D eigenvalue weighted by molar-refractivity contribution is 5.26. The number of rotatable bonds is 5. The van der Waals surface area contributed by atoms with Crippen molar-refractivity contribution >= 4 is 0 Å². The number of piperazine rings is 1. The van der Waals surface area contributed by atoms with Gasteiger partial charge in [0, 0.05) is 31.2 Å². The predicted molar refractivity (Wildman–Crippen MR) is 88.5 cm³/mol. The van der Waals surface area contributed by atoms with Gasteiger partial charge < -0.3 is 10.4 Å². The summed E-state index contributed by atoms with van der Waals surface area (Å²) < 4.78 is 0. The van der Waals surface area contributed by atoms with Gasteiger partial charge in [-0.2, -0.15) is 0 Å². The molecule has 2 atom stereocenters. The van der Waals surface area contributed by atoms with Gasteiger partial charge in [0.05, 0.1) is 0 Å². The molecule has 1 heterocycles. The van der Waals surface area contributed by atoms with E-state index in [4.69, 9.17) is 0 Å². The standard InChI is InChI=1S/C18H30N2O/c1-5-18(4)13-19-16(10-14(2)3)12-20(18)11-15-6-8-17(21)9-7-15/h6-9,14,16,19,21H,5,10-13H2,1-4H3. The van der Waals surface area contributed by atoms with Crippen molar-refractivity contribution in [3.63, 3.8) is 0 Å². The fourth-order valence-corrected chi connectivity index (χ4v) is 3.18. The molecule has 1 aromatic rings. The van der Waals surface area contributed by atoms with Gasteiger partial charge in [-0.1, -0.05) is 32.9 Å². The van der Waals surface area contributed by atoms with Gasteiger partial charge in [0.2, 0.25) is 0 Å². The van der Waals surface area contributed by atoms with E-state index in [1.54, 1.807) is 12.1 Å². The van der Waals surface area contributed by atoms with Crippen molar-refractivity contribution < 1.29 is 5.11 Å². The van der Waals surface area contributed by atoms with Crippen molar-refractivity contribution in [2.45, 2.75) is 58.7 Å². The van der Waals surface area contributed by atoms with Gasteiger partial charge in [-0.15, -0.1) is 0 Å². The zero-order valence-electron chi connectivity index (χ0n) is 13.9. The molecule has 1 saturated heterocycles. The first kappa shape index (κ1) is 16.3. The summed E-state index contributed by atoms with van der Waals surface area (Å²) in [6, 6.07) is 8.22. The van der Waals surface area contributed by atoms with E-state index >= 15 is 0 Å². The van der Waals surface area contributed by atoms with Gasteiger partial charge in [0.1, 0.15) is 5.75 Å². The third kappa shape index (κ3) is 4.21. The Labute approximate surface area is 129 Å². The minimum absolute atomic E-state index is 0.214. The number of phenols is 1. The van der Waals surface area contributed by atoms with E-state index in [2.05, 4.69) is 37.9 Å². The lowest BCUT2D eigenvalue weighted by atomic mass is 9.89. The molecule has 1 aliphatic rings. The van der Waals surface area contributed by atoms with Gasteiger partial charge in [-0.3, -0.25) is 4.90 Å². The van der Waals surface area contributed by atoms with Crippen LogP contribution in [0.5, 0.6) is 5.75 Å². The van der Waals surface area contributed by atoms with Crippen LogP contribution in [0.1, 0.15) is 46.1 Å². The third-order valence-electron chi connectivity index (χ3n) is 4.80. The van der Waals surface area contributed by atoms with Crippen LogP contribution < -0.4 is 5.32 Å². The number of nitrogens with one attached hydrogen (secondary N) is 1. The fourth-order valence-electron chi connectivity index (χ4n) is 3.18. The summed E-state index contributed by atoms with van der Waals surface area (Å²) in [4.78, 5) is 2.61. The van der Waals surface area contributed by atoms with Crippen LogP contribution in [0.15, 0.2) is 24.3 Å². The van der Waals surface area contributed by atoms with Crippen LogP contribution >= 0.6 is 0 Å². The summed E-state index contributed by atoms with van der Waals surface area (Å²) in [7, 11) is 0. The van der Waals surface area contributed by atoms with Gasteiger partial charge in [0.25, 0.3) is 0 Å². The molecule has 0 spiro atoms. The van der Waals surface area contributed by atoms with Crippen LogP contribution in [-0.2, 0) is 6.54 Å². The zero-order valence-corrected chi connectivity index (χ0v) is 13.9. The quantitative estimate of drug-likeness (QED) is 0.872. The first-order valence-corrected chi connectivity index (χ1v) is 8.19. The Hall–Kier alpha value is -1.06. The van der Waals surface area contributed by atoms with Crippen molar-refractivity contribution in [2.75, 3.05) is 13.1 Å². The Morgan fingerprint density at radius 1 is 1.33 bits per heavy atom. The van der Waals surface area contributed by atoms with Crippen LogP contribution in [0.3, 0.4) is 0 Å². The lowest BCUT2D eigenvalue weighted by Gasteiger charge is -2.48. The number of nitrogens with zero attached hydrogens (tertiary/aromatic N) is 1. The highest BCUT2D eigenvalue weighted by Gasteiger charge is 2.36. The molecule has 1 aliphatic heterocycles. The Kier molecular flexibility index (Phi) is 5.28. The second kappa shape index (κ2) is 6.80. The number of hydrogen-bond donors (Lipinski definition) is 2. The van der Waals surface area contributed by atoms with Gasteiger partial charge in [-0.25, -0.2) is 0 Å². The normalized spacial score (nSPS) is 27.2. The van der Waals surface area contributed by atoms with Crippen molar-refractivity contribution in [3.8, 4) is 5.75 Å². The molecule has 1 aromatic carbocycles. The maximum Gasteiger partial charge on any atom is 0.115 e. The Morgan fingerprint density at radius 2 is 2.00 bits per heavy atom. The molecule has 118 valence electrons. The molecule has 3 nitrogen and oxygen atoms in total. The van der Waals surface area contributed by atoms with Gasteiger partial charge in [-0.05, 0) is 43.4 Å². The molecule has 1 fully saturated rings. The third-order valence-corrected chi connectivity index (χ3v) is 4.80. The number of benzene rings is 1. The number of phenolic OH excluding ortho intramolecular Hbond substituents is 1. The molecular formula is C18H30N2O. The Morgan fingerprint density at radius 3 is 2.57 bits per heavy atom. The zero-order chi connectivity index (χ0) is 15.5. The molecule has 0 aliphatic carbocycles. The highest BCUT2D eigenvalue weighted by Crippen LogP contribution is 2.27. The predicted octanol–water partition coefficient (Wildman–Crippen LogP) is 3.38. The first-order valence-electron chi connectivity index (χ1n) is 8.19. The van der Waals surface area contributed by atoms with Crippen LogP contribution in [-0.4, -0.2) is 34.7 Å². The molecule has 2 unspecified atom stereocenters. The molecule has 2 N–H and O–H groups in total. The second-order valence-electron chi connectivity index (χ2n) is 7.10. The van der Waals surface area contributed by atoms with E-state index in [0.717, 1.165) is 32.0 Å². The van der Waals surface area contributed by atoms with E-state index in [0.29, 0.717) is 11.8 Å². The molecular weight excluding hydrogens is 260 g/mol. The molecule has 0 bridgehead atoms. The summed E-state index contributed by atoms with van der Waals surface area (Å²) in [6.07, 6.45) is 2.37. The van der Waals surface area contributed by atoms with Crippen LogP contribution in [0.25, 0.3) is 0 Å². The monoisotopic (exact) mass is 290 g/mol. The minimum atomic E-state index is 0.214. The second-order valence-corrected chi connectivity index (χ2v) is 7.10. The van der Waals surface area contributed by atoms with E-state index in [-0.39, 0.29) is 5.54 Å². The summed E-state index contributed by atoms with van der Waals surface area (Å²) in [6.45, 7) is 12.3. The molecule has 2 rings (SSSR count). The van der Waals surface area contributed by atoms with Crippen LogP contribution in [0.4, 0.5) is 0 Å². The average Bonchev–Trinajstić information content (AvgIpc) is 2.44. The molecule has 0 aromatic heterocycles. The lowest BCUT2D eigenvalue weighted by molar-refractivity contribution is 0.0372. The van der Waals surface area contributed by atoms with Gasteiger partial charge in [0.15, 0.2) is 0 Å². The molecule has 21 heavy (non-hydrogen) atoms. The molecule has 0 radical (unpaired) electrons. The maximum atomic E-state index is 9.43. The van der Waals surface area contributed by atoms with Crippen molar-refractivity contribution in [2.24, 2.45) is 5.92 Å². The summed E-state index contributed by atoms with van der Waals surface area (Å²) >= 11 is 0. The lowest BCUT2D eigenvalue weighted by Crippen LogP contribution is -2.62. The molecule has 0 amide bonds. The topological polar surface area (TPSA) is 35.5 Å². The maximum absolute atomic E-state index is 9.43. The number of hydrogen-bond acceptors (Lipinski definition) is 3. The van der Waals surface area contributed by atoms with Gasteiger partial charge >= 0.3 is 0 Å². The van der Waals surface area contributed by atoms with E-state index in [1.165, 1.54) is 12.0 Å². The average molecular weight is 290 g/mol. The van der Waals surface area contributed by atoms with E-state index in [1.807, 2.05) is 12.1 Å². The Balaban J connectivity index is 2.08. The van der Waals surface area contributed by atoms with Crippen molar-refractivity contribution in [1.82, 2.24) is 10.2 Å². The van der Waals surface area contributed by atoms with E-state index < -0.39 is 0 Å². The summed E-state index contributed by atoms with van der Waals surface area (Å²) in [5.41, 5.74) is 1.49. The van der Waals surface area contributed by atoms with Crippen LogP contribution in [0, 0.1) is 5.92 Å². The van der Waals surface area contributed by atoms with Crippen molar-refractivity contribution in [3.05, 3.63) is 29.8 Å². The SMILES string of the molecule is CCC1(C)CNC(CC(C)C)CN1Cc1ccc(O)cc1. The Bertz CT molecular complexity index is 443. The van der Waals surface area contributed by atoms with E-state index in [9.17, 15) is 5.11 Å². The fraction of sp³-hybridized carbons (Fsp3) is 0.667. The summed E-state index contributed by atoms with van der Waals surface area (Å²) in [5, 5.41) is 13.2.